The topological polar surface area (TPSA) is 68.6 Å². The minimum absolute atomic E-state index is 0.145. The molecule has 0 spiro atoms. The predicted molar refractivity (Wildman–Crippen MR) is 131 cm³/mol. The minimum Gasteiger partial charge on any atom is -0.381 e. The van der Waals surface area contributed by atoms with Crippen LogP contribution in [0.15, 0.2) is 60.7 Å². The Morgan fingerprint density at radius 1 is 1.06 bits per heavy atom. The van der Waals surface area contributed by atoms with Crippen molar-refractivity contribution in [2.75, 3.05) is 46.1 Å². The first kappa shape index (κ1) is 23.1. The van der Waals surface area contributed by atoms with Crippen LogP contribution < -0.4 is 5.32 Å². The van der Waals surface area contributed by atoms with E-state index in [2.05, 4.69) is 10.2 Å². The van der Waals surface area contributed by atoms with E-state index in [9.17, 15) is 4.79 Å². The normalized spacial score (nSPS) is 19.7. The lowest BCUT2D eigenvalue weighted by molar-refractivity contribution is 0.00164. The van der Waals surface area contributed by atoms with Gasteiger partial charge in [-0.3, -0.25) is 9.69 Å². The van der Waals surface area contributed by atoms with Crippen LogP contribution in [0.1, 0.15) is 16.9 Å². The molecule has 1 N–H and O–H groups in total. The van der Waals surface area contributed by atoms with Gasteiger partial charge in [0.25, 0.3) is 5.91 Å². The summed E-state index contributed by atoms with van der Waals surface area (Å²) in [5.41, 5.74) is 2.96. The molecule has 3 heterocycles. The molecule has 5 rings (SSSR count). The number of ether oxygens (including phenoxy) is 2. The summed E-state index contributed by atoms with van der Waals surface area (Å²) in [5.74, 6) is 0.260. The number of hydrogen-bond donors (Lipinski definition) is 1. The van der Waals surface area contributed by atoms with Gasteiger partial charge >= 0.3 is 0 Å². The second-order valence-electron chi connectivity index (χ2n) is 8.72. The Kier molecular flexibility index (Phi) is 7.25. The van der Waals surface area contributed by atoms with Gasteiger partial charge in [0.1, 0.15) is 5.69 Å². The van der Waals surface area contributed by atoms with Gasteiger partial charge < -0.3 is 14.8 Å². The number of carbonyl (C=O) groups excluding carboxylic acids is 1. The molecule has 0 bridgehead atoms. The Hall–Kier alpha value is -2.71. The highest BCUT2D eigenvalue weighted by molar-refractivity contribution is 6.30. The molecule has 0 radical (unpaired) electrons. The van der Waals surface area contributed by atoms with Crippen LogP contribution in [0.25, 0.3) is 16.9 Å². The number of carbonyl (C=O) groups is 1. The molecule has 2 aromatic carbocycles. The van der Waals surface area contributed by atoms with Crippen molar-refractivity contribution in [3.8, 4) is 16.9 Å². The lowest BCUT2D eigenvalue weighted by Gasteiger charge is -2.37. The number of para-hydroxylation sites is 1. The summed E-state index contributed by atoms with van der Waals surface area (Å²) in [4.78, 5) is 15.9. The third kappa shape index (κ3) is 5.18. The first-order valence-electron chi connectivity index (χ1n) is 11.8. The summed E-state index contributed by atoms with van der Waals surface area (Å²) < 4.78 is 12.9. The zero-order valence-corrected chi connectivity index (χ0v) is 19.8. The Morgan fingerprint density at radius 2 is 1.82 bits per heavy atom. The molecule has 2 aliphatic heterocycles. The number of halogens is 1. The molecule has 2 aliphatic rings. The highest BCUT2D eigenvalue weighted by atomic mass is 35.5. The molecule has 3 aromatic rings. The zero-order chi connectivity index (χ0) is 23.3. The largest absolute Gasteiger partial charge is 0.381 e. The summed E-state index contributed by atoms with van der Waals surface area (Å²) in [6.45, 7) is 5.28. The summed E-state index contributed by atoms with van der Waals surface area (Å²) in [6, 6.07) is 19.3. The number of aromatic nitrogens is 2. The number of nitrogens with one attached hydrogen (secondary N) is 1. The molecule has 0 aliphatic carbocycles. The maximum atomic E-state index is 13.5. The van der Waals surface area contributed by atoms with Crippen LogP contribution in [0.5, 0.6) is 0 Å². The Labute approximate surface area is 204 Å². The van der Waals surface area contributed by atoms with Crippen molar-refractivity contribution in [1.29, 1.82) is 0 Å². The second kappa shape index (κ2) is 10.7. The molecule has 8 heteroatoms. The van der Waals surface area contributed by atoms with Gasteiger partial charge in [-0.1, -0.05) is 41.9 Å². The molecule has 0 unspecified atom stereocenters. The fourth-order valence-electron chi connectivity index (χ4n) is 4.72. The molecule has 34 heavy (non-hydrogen) atoms. The number of hydrogen-bond acceptors (Lipinski definition) is 5. The van der Waals surface area contributed by atoms with Gasteiger partial charge in [-0.05, 0) is 36.8 Å². The van der Waals surface area contributed by atoms with Gasteiger partial charge in [0, 0.05) is 48.8 Å². The van der Waals surface area contributed by atoms with Crippen LogP contribution in [-0.2, 0) is 9.47 Å². The molecule has 7 nitrogen and oxygen atoms in total. The van der Waals surface area contributed by atoms with E-state index in [4.69, 9.17) is 26.2 Å². The molecule has 2 atom stereocenters. The first-order chi connectivity index (χ1) is 16.7. The van der Waals surface area contributed by atoms with Gasteiger partial charge in [0.2, 0.25) is 0 Å². The number of morpholine rings is 1. The Balaban J connectivity index is 1.39. The van der Waals surface area contributed by atoms with E-state index in [1.807, 2.05) is 60.7 Å². The van der Waals surface area contributed by atoms with Gasteiger partial charge in [-0.25, -0.2) is 4.68 Å². The van der Waals surface area contributed by atoms with Crippen LogP contribution in [-0.4, -0.2) is 72.7 Å². The van der Waals surface area contributed by atoms with Crippen molar-refractivity contribution in [2.24, 2.45) is 5.92 Å². The van der Waals surface area contributed by atoms with E-state index in [-0.39, 0.29) is 11.9 Å². The van der Waals surface area contributed by atoms with Crippen LogP contribution in [0, 0.1) is 5.92 Å². The third-order valence-electron chi connectivity index (χ3n) is 6.58. The SMILES string of the molecule is O=C(NC[C@@H]([C@H]1CCOC1)N1CCOCC1)c1cc(-c2ccc(Cl)cc2)nn1-c1ccccc1. The van der Waals surface area contributed by atoms with E-state index in [0.29, 0.717) is 23.2 Å². The van der Waals surface area contributed by atoms with Crippen molar-refractivity contribution in [1.82, 2.24) is 20.0 Å². The first-order valence-corrected chi connectivity index (χ1v) is 12.2. The van der Waals surface area contributed by atoms with E-state index in [1.54, 1.807) is 4.68 Å². The minimum atomic E-state index is -0.145. The van der Waals surface area contributed by atoms with E-state index < -0.39 is 0 Å². The molecule has 1 aromatic heterocycles. The molecule has 1 amide bonds. The number of nitrogens with zero attached hydrogens (tertiary/aromatic N) is 3. The lowest BCUT2D eigenvalue weighted by Crippen LogP contribution is -2.52. The maximum Gasteiger partial charge on any atom is 0.270 e. The predicted octanol–water partition coefficient (Wildman–Crippen LogP) is 3.66. The number of rotatable bonds is 7. The summed E-state index contributed by atoms with van der Waals surface area (Å²) in [6.07, 6.45) is 1.01. The van der Waals surface area contributed by atoms with Crippen molar-refractivity contribution in [2.45, 2.75) is 12.5 Å². The maximum absolute atomic E-state index is 13.5. The number of benzene rings is 2. The Morgan fingerprint density at radius 3 is 2.53 bits per heavy atom. The highest BCUT2D eigenvalue weighted by Crippen LogP contribution is 2.25. The molecule has 0 saturated carbocycles. The van der Waals surface area contributed by atoms with Gasteiger partial charge in [-0.2, -0.15) is 5.10 Å². The van der Waals surface area contributed by atoms with Crippen molar-refractivity contribution < 1.29 is 14.3 Å². The van der Waals surface area contributed by atoms with E-state index >= 15 is 0 Å². The lowest BCUT2D eigenvalue weighted by atomic mass is 9.97. The molecular formula is C26H29ClN4O3. The van der Waals surface area contributed by atoms with Crippen molar-refractivity contribution >= 4 is 17.5 Å². The van der Waals surface area contributed by atoms with Crippen molar-refractivity contribution in [3.63, 3.8) is 0 Å². The zero-order valence-electron chi connectivity index (χ0n) is 19.0. The molecule has 178 valence electrons. The van der Waals surface area contributed by atoms with E-state index in [0.717, 1.165) is 62.9 Å². The van der Waals surface area contributed by atoms with Gasteiger partial charge in [0.05, 0.1) is 31.2 Å². The van der Waals surface area contributed by atoms with Crippen LogP contribution in [0.4, 0.5) is 0 Å². The molecular weight excluding hydrogens is 452 g/mol. The molecule has 2 saturated heterocycles. The third-order valence-corrected chi connectivity index (χ3v) is 6.83. The summed E-state index contributed by atoms with van der Waals surface area (Å²) in [5, 5.41) is 8.62. The number of amides is 1. The fourth-order valence-corrected chi connectivity index (χ4v) is 4.84. The summed E-state index contributed by atoms with van der Waals surface area (Å²) in [7, 11) is 0. The van der Waals surface area contributed by atoms with Gasteiger partial charge in [-0.15, -0.1) is 0 Å². The smallest absolute Gasteiger partial charge is 0.270 e. The average Bonchev–Trinajstić information content (AvgIpc) is 3.57. The van der Waals surface area contributed by atoms with Crippen molar-refractivity contribution in [3.05, 3.63) is 71.4 Å². The highest BCUT2D eigenvalue weighted by Gasteiger charge is 2.32. The monoisotopic (exact) mass is 480 g/mol. The quantitative estimate of drug-likeness (QED) is 0.559. The second-order valence-corrected chi connectivity index (χ2v) is 9.15. The van der Waals surface area contributed by atoms with Crippen LogP contribution >= 0.6 is 11.6 Å². The van der Waals surface area contributed by atoms with Gasteiger partial charge in [0.15, 0.2) is 0 Å². The fraction of sp³-hybridized carbons (Fsp3) is 0.385. The Bertz CT molecular complexity index is 1090. The summed E-state index contributed by atoms with van der Waals surface area (Å²) >= 11 is 6.06. The van der Waals surface area contributed by atoms with E-state index in [1.165, 1.54) is 0 Å². The average molecular weight is 481 g/mol. The van der Waals surface area contributed by atoms with Crippen LogP contribution in [0.2, 0.25) is 5.02 Å². The van der Waals surface area contributed by atoms with Crippen LogP contribution in [0.3, 0.4) is 0 Å². The molecule has 2 fully saturated rings. The standard InChI is InChI=1S/C26H29ClN4O3/c27-21-8-6-19(7-9-21)23-16-24(31(29-23)22-4-2-1-3-5-22)26(32)28-17-25(20-10-13-34-18-20)30-11-14-33-15-12-30/h1-9,16,20,25H,10-15,17-18H2,(H,28,32)/t20-,25-/m0/s1.